The van der Waals surface area contributed by atoms with Gasteiger partial charge in [0.15, 0.2) is 0 Å². The Labute approximate surface area is 139 Å². The molecule has 1 aromatic heterocycles. The van der Waals surface area contributed by atoms with E-state index in [1.165, 1.54) is 29.2 Å². The Bertz CT molecular complexity index is 801. The van der Waals surface area contributed by atoms with Crippen molar-refractivity contribution >= 4 is 11.9 Å². The number of carbonyl (C=O) groups excluding carboxylic acids is 1. The maximum Gasteiger partial charge on any atom is 0.471 e. The van der Waals surface area contributed by atoms with Gasteiger partial charge in [-0.15, -0.1) is 0 Å². The summed E-state index contributed by atoms with van der Waals surface area (Å²) in [5.41, 5.74) is 0.475. The second-order valence-corrected chi connectivity index (χ2v) is 5.49. The molecule has 1 atom stereocenters. The number of aromatic nitrogens is 2. The van der Waals surface area contributed by atoms with Gasteiger partial charge in [0.05, 0.1) is 0 Å². The third-order valence-electron chi connectivity index (χ3n) is 3.86. The van der Waals surface area contributed by atoms with Crippen molar-refractivity contribution in [1.82, 2.24) is 15.0 Å². The number of likely N-dealkylation sites (tertiary alicyclic amines) is 1. The predicted molar refractivity (Wildman–Crippen MR) is 76.4 cm³/mol. The number of rotatable bonds is 3. The lowest BCUT2D eigenvalue weighted by Crippen LogP contribution is -2.40. The van der Waals surface area contributed by atoms with E-state index in [4.69, 9.17) is 5.11 Å². The number of nitrogens with zero attached hydrogens (tertiary/aromatic N) is 3. The van der Waals surface area contributed by atoms with E-state index in [9.17, 15) is 22.8 Å². The molecule has 1 saturated heterocycles. The van der Waals surface area contributed by atoms with Crippen LogP contribution in [0.15, 0.2) is 28.8 Å². The molecule has 1 unspecified atom stereocenters. The molecule has 1 aliphatic heterocycles. The van der Waals surface area contributed by atoms with Crippen LogP contribution in [0.4, 0.5) is 13.2 Å². The fourth-order valence-electron chi connectivity index (χ4n) is 2.65. The van der Waals surface area contributed by atoms with Crippen molar-refractivity contribution in [2.45, 2.75) is 25.1 Å². The molecular formula is C15H12F3N3O4. The van der Waals surface area contributed by atoms with Gasteiger partial charge in [0, 0.05) is 17.7 Å². The van der Waals surface area contributed by atoms with Crippen LogP contribution in [0.2, 0.25) is 0 Å². The van der Waals surface area contributed by atoms with Crippen LogP contribution in [0.3, 0.4) is 0 Å². The van der Waals surface area contributed by atoms with Crippen LogP contribution in [0.1, 0.15) is 29.1 Å². The van der Waals surface area contributed by atoms with Crippen molar-refractivity contribution < 1.29 is 32.4 Å². The number of halogens is 3. The molecule has 7 nitrogen and oxygen atoms in total. The summed E-state index contributed by atoms with van der Waals surface area (Å²) in [6.45, 7) is 0.345. The van der Waals surface area contributed by atoms with Crippen molar-refractivity contribution in [3.05, 3.63) is 35.7 Å². The molecule has 0 saturated carbocycles. The molecule has 0 radical (unpaired) electrons. The third-order valence-corrected chi connectivity index (χ3v) is 3.86. The smallest absolute Gasteiger partial charge is 0.471 e. The fraction of sp³-hybridized carbons (Fsp3) is 0.333. The van der Waals surface area contributed by atoms with Gasteiger partial charge in [-0.1, -0.05) is 17.3 Å². The summed E-state index contributed by atoms with van der Waals surface area (Å²) >= 11 is 0. The zero-order valence-electron chi connectivity index (χ0n) is 12.7. The SMILES string of the molecule is O=C(O)C1CCCN1C(=O)c1ccc(-c2noc(C(F)(F)F)n2)cc1. The Morgan fingerprint density at radius 3 is 2.48 bits per heavy atom. The first kappa shape index (κ1) is 16.9. The van der Waals surface area contributed by atoms with E-state index in [0.717, 1.165) is 0 Å². The molecule has 25 heavy (non-hydrogen) atoms. The second-order valence-electron chi connectivity index (χ2n) is 5.49. The Morgan fingerprint density at radius 1 is 1.24 bits per heavy atom. The first-order chi connectivity index (χ1) is 11.8. The summed E-state index contributed by atoms with van der Waals surface area (Å²) in [4.78, 5) is 28.1. The molecule has 1 aromatic carbocycles. The van der Waals surface area contributed by atoms with E-state index in [0.29, 0.717) is 19.4 Å². The van der Waals surface area contributed by atoms with Gasteiger partial charge in [-0.2, -0.15) is 18.2 Å². The largest absolute Gasteiger partial charge is 0.480 e. The standard InChI is InChI=1S/C15H12F3N3O4/c16-15(17,18)14-19-11(20-25-14)8-3-5-9(6-4-8)12(22)21-7-1-2-10(21)13(23)24/h3-6,10H,1-2,7H2,(H,23,24). The van der Waals surface area contributed by atoms with Crippen LogP contribution in [0.5, 0.6) is 0 Å². The molecule has 1 aliphatic rings. The molecule has 2 heterocycles. The quantitative estimate of drug-likeness (QED) is 0.908. The van der Waals surface area contributed by atoms with Gasteiger partial charge in [0.2, 0.25) is 5.82 Å². The Hall–Kier alpha value is -2.91. The summed E-state index contributed by atoms with van der Waals surface area (Å²) < 4.78 is 41.6. The van der Waals surface area contributed by atoms with Crippen molar-refractivity contribution in [3.63, 3.8) is 0 Å². The molecule has 132 valence electrons. The average molecular weight is 355 g/mol. The highest BCUT2D eigenvalue weighted by atomic mass is 19.4. The summed E-state index contributed by atoms with van der Waals surface area (Å²) in [6, 6.07) is 4.67. The zero-order chi connectivity index (χ0) is 18.2. The van der Waals surface area contributed by atoms with E-state index in [1.54, 1.807) is 0 Å². The first-order valence-corrected chi connectivity index (χ1v) is 7.32. The molecule has 3 rings (SSSR count). The molecule has 2 aromatic rings. The van der Waals surface area contributed by atoms with Gasteiger partial charge in [-0.05, 0) is 25.0 Å². The molecule has 10 heteroatoms. The number of hydrogen-bond donors (Lipinski definition) is 1. The number of benzene rings is 1. The van der Waals surface area contributed by atoms with Crippen molar-refractivity contribution in [1.29, 1.82) is 0 Å². The van der Waals surface area contributed by atoms with Crippen LogP contribution in [-0.2, 0) is 11.0 Å². The highest BCUT2D eigenvalue weighted by Gasteiger charge is 2.38. The monoisotopic (exact) mass is 355 g/mol. The minimum absolute atomic E-state index is 0.233. The summed E-state index contributed by atoms with van der Waals surface area (Å²) in [5.74, 6) is -3.21. The van der Waals surface area contributed by atoms with Gasteiger partial charge in [-0.25, -0.2) is 4.79 Å². The van der Waals surface area contributed by atoms with E-state index >= 15 is 0 Å². The number of alkyl halides is 3. The van der Waals surface area contributed by atoms with E-state index in [2.05, 4.69) is 14.7 Å². The number of carboxylic acids is 1. The second kappa shape index (κ2) is 6.19. The minimum Gasteiger partial charge on any atom is -0.480 e. The molecule has 0 spiro atoms. The lowest BCUT2D eigenvalue weighted by molar-refractivity contribution is -0.159. The molecule has 0 aliphatic carbocycles. The molecule has 1 amide bonds. The van der Waals surface area contributed by atoms with E-state index in [1.807, 2.05) is 0 Å². The Kier molecular flexibility index (Phi) is 4.19. The summed E-state index contributed by atoms with van der Waals surface area (Å²) in [5, 5.41) is 12.4. The lowest BCUT2D eigenvalue weighted by Gasteiger charge is -2.21. The Morgan fingerprint density at radius 2 is 1.92 bits per heavy atom. The molecule has 1 N–H and O–H groups in total. The van der Waals surface area contributed by atoms with Gasteiger partial charge < -0.3 is 14.5 Å². The normalized spacial score (nSPS) is 17.7. The summed E-state index contributed by atoms with van der Waals surface area (Å²) in [6.07, 6.45) is -3.74. The van der Waals surface area contributed by atoms with Gasteiger partial charge in [0.25, 0.3) is 5.91 Å². The number of carbonyl (C=O) groups is 2. The van der Waals surface area contributed by atoms with Crippen molar-refractivity contribution in [2.75, 3.05) is 6.54 Å². The number of amides is 1. The molecular weight excluding hydrogens is 343 g/mol. The highest BCUT2D eigenvalue weighted by Crippen LogP contribution is 2.29. The van der Waals surface area contributed by atoms with E-state index in [-0.39, 0.29) is 17.0 Å². The third kappa shape index (κ3) is 3.32. The van der Waals surface area contributed by atoms with Crippen LogP contribution < -0.4 is 0 Å². The number of hydrogen-bond acceptors (Lipinski definition) is 5. The van der Waals surface area contributed by atoms with Gasteiger partial charge >= 0.3 is 18.0 Å². The number of aliphatic carboxylic acids is 1. The van der Waals surface area contributed by atoms with Crippen LogP contribution >= 0.6 is 0 Å². The van der Waals surface area contributed by atoms with Crippen LogP contribution in [0, 0.1) is 0 Å². The molecule has 0 bridgehead atoms. The average Bonchev–Trinajstić information content (AvgIpc) is 3.23. The topological polar surface area (TPSA) is 96.5 Å². The summed E-state index contributed by atoms with van der Waals surface area (Å²) in [7, 11) is 0. The lowest BCUT2D eigenvalue weighted by atomic mass is 10.1. The number of carboxylic acid groups (broad SMARTS) is 1. The van der Waals surface area contributed by atoms with Gasteiger partial charge in [0.1, 0.15) is 6.04 Å². The Balaban J connectivity index is 1.79. The van der Waals surface area contributed by atoms with Gasteiger partial charge in [-0.3, -0.25) is 4.79 Å². The van der Waals surface area contributed by atoms with Crippen LogP contribution in [0.25, 0.3) is 11.4 Å². The minimum atomic E-state index is -4.73. The van der Waals surface area contributed by atoms with Crippen molar-refractivity contribution in [3.8, 4) is 11.4 Å². The fourth-order valence-corrected chi connectivity index (χ4v) is 2.65. The first-order valence-electron chi connectivity index (χ1n) is 7.32. The predicted octanol–water partition coefficient (Wildman–Crippen LogP) is 2.44. The van der Waals surface area contributed by atoms with Crippen LogP contribution in [-0.4, -0.2) is 44.6 Å². The maximum atomic E-state index is 12.5. The maximum absolute atomic E-state index is 12.5. The van der Waals surface area contributed by atoms with Crippen molar-refractivity contribution in [2.24, 2.45) is 0 Å². The zero-order valence-corrected chi connectivity index (χ0v) is 12.7. The van der Waals surface area contributed by atoms with E-state index < -0.39 is 30.0 Å². The highest BCUT2D eigenvalue weighted by molar-refractivity contribution is 5.97. The molecule has 1 fully saturated rings.